The highest BCUT2D eigenvalue weighted by Crippen LogP contribution is 2.33. The Kier molecular flexibility index (Phi) is 7.60. The molecule has 0 aliphatic carbocycles. The summed E-state index contributed by atoms with van der Waals surface area (Å²) in [6, 6.07) is 2.75. The summed E-state index contributed by atoms with van der Waals surface area (Å²) in [5.74, 6) is -0.868. The van der Waals surface area contributed by atoms with Crippen molar-refractivity contribution < 1.29 is 22.8 Å². The lowest BCUT2D eigenvalue weighted by Gasteiger charge is -2.21. The highest BCUT2D eigenvalue weighted by atomic mass is 32.1. The topological polar surface area (TPSA) is 55.6 Å². The standard InChI is InChI=1S/C23H28F3N3O2S/c1-8-9-12-29-14-18(21(2,3)4)32-20(29)27-19(30)16-13-15(23(24,25)26)10-11-17(16)31-28-22(5,6)7/h9-11,13-14,28H,1,12H2,2-7H3. The van der Waals surface area contributed by atoms with E-state index < -0.39 is 23.2 Å². The number of hydrogen-bond donors (Lipinski definition) is 1. The summed E-state index contributed by atoms with van der Waals surface area (Å²) < 4.78 is 41.6. The Labute approximate surface area is 189 Å². The van der Waals surface area contributed by atoms with Gasteiger partial charge in [-0.15, -0.1) is 17.1 Å². The number of carbonyl (C=O) groups is 1. The fraction of sp³-hybridized carbons (Fsp3) is 0.435. The van der Waals surface area contributed by atoms with Crippen LogP contribution in [-0.4, -0.2) is 16.0 Å². The summed E-state index contributed by atoms with van der Waals surface area (Å²) in [5.41, 5.74) is 3.47. The zero-order valence-corrected chi connectivity index (χ0v) is 19.9. The van der Waals surface area contributed by atoms with Gasteiger partial charge in [0.2, 0.25) is 0 Å². The second-order valence-corrected chi connectivity index (χ2v) is 10.3. The van der Waals surface area contributed by atoms with E-state index in [4.69, 9.17) is 4.84 Å². The molecule has 0 radical (unpaired) electrons. The highest BCUT2D eigenvalue weighted by Gasteiger charge is 2.32. The Hall–Kier alpha value is -2.61. The van der Waals surface area contributed by atoms with Gasteiger partial charge in [-0.3, -0.25) is 4.79 Å². The van der Waals surface area contributed by atoms with Gasteiger partial charge in [-0.05, 0) is 50.5 Å². The predicted molar refractivity (Wildman–Crippen MR) is 120 cm³/mol. The van der Waals surface area contributed by atoms with Crippen molar-refractivity contribution in [2.75, 3.05) is 0 Å². The van der Waals surface area contributed by atoms with Crippen molar-refractivity contribution in [3.8, 4) is 5.75 Å². The van der Waals surface area contributed by atoms with Crippen molar-refractivity contribution in [3.63, 3.8) is 0 Å². The first-order chi connectivity index (χ1) is 14.6. The lowest BCUT2D eigenvalue weighted by atomic mass is 9.95. The Morgan fingerprint density at radius 3 is 2.44 bits per heavy atom. The maximum atomic E-state index is 13.3. The minimum atomic E-state index is -4.61. The van der Waals surface area contributed by atoms with Crippen LogP contribution in [0.2, 0.25) is 0 Å². The number of aromatic nitrogens is 1. The van der Waals surface area contributed by atoms with Gasteiger partial charge in [0.1, 0.15) is 0 Å². The maximum Gasteiger partial charge on any atom is 0.416 e. The van der Waals surface area contributed by atoms with E-state index in [-0.39, 0.29) is 16.7 Å². The van der Waals surface area contributed by atoms with Crippen LogP contribution in [0.3, 0.4) is 0 Å². The summed E-state index contributed by atoms with van der Waals surface area (Å²) in [5, 5.41) is 0. The Bertz CT molecular complexity index is 1090. The van der Waals surface area contributed by atoms with Crippen LogP contribution in [0.4, 0.5) is 13.2 Å². The van der Waals surface area contributed by atoms with E-state index in [1.807, 2.05) is 47.7 Å². The average Bonchev–Trinajstić information content (AvgIpc) is 3.06. The summed E-state index contributed by atoms with van der Waals surface area (Å²) in [7, 11) is 0. The predicted octanol–water partition coefficient (Wildman–Crippen LogP) is 5.63. The summed E-state index contributed by atoms with van der Waals surface area (Å²) >= 11 is 1.30. The zero-order chi connectivity index (χ0) is 24.3. The molecule has 1 N–H and O–H groups in total. The molecule has 174 valence electrons. The average molecular weight is 468 g/mol. The molecule has 0 bridgehead atoms. The molecule has 1 aromatic carbocycles. The molecule has 0 saturated carbocycles. The van der Waals surface area contributed by atoms with Gasteiger partial charge in [-0.25, -0.2) is 0 Å². The molecular weight excluding hydrogens is 439 g/mol. The number of amides is 1. The normalized spacial score (nSPS) is 13.1. The fourth-order valence-corrected chi connectivity index (χ4v) is 3.48. The minimum Gasteiger partial charge on any atom is -0.407 e. The minimum absolute atomic E-state index is 0.0354. The highest BCUT2D eigenvalue weighted by molar-refractivity contribution is 7.09. The third kappa shape index (κ3) is 6.95. The largest absolute Gasteiger partial charge is 0.416 e. The maximum absolute atomic E-state index is 13.3. The first-order valence-electron chi connectivity index (χ1n) is 9.91. The number of alkyl halides is 3. The molecule has 0 spiro atoms. The second-order valence-electron chi connectivity index (χ2n) is 9.27. The molecule has 2 aromatic rings. The molecule has 0 fully saturated rings. The first-order valence-corrected chi connectivity index (χ1v) is 10.7. The number of benzene rings is 1. The number of hydrogen-bond acceptors (Lipinski definition) is 4. The van der Waals surface area contributed by atoms with Crippen molar-refractivity contribution >= 4 is 17.2 Å². The van der Waals surface area contributed by atoms with Crippen LogP contribution in [0, 0.1) is 0 Å². The monoisotopic (exact) mass is 467 g/mol. The molecule has 5 nitrogen and oxygen atoms in total. The van der Waals surface area contributed by atoms with E-state index in [1.54, 1.807) is 10.6 Å². The number of halogens is 3. The van der Waals surface area contributed by atoms with E-state index in [2.05, 4.69) is 22.8 Å². The van der Waals surface area contributed by atoms with Crippen molar-refractivity contribution in [3.05, 3.63) is 63.6 Å². The molecule has 0 aliphatic heterocycles. The first kappa shape index (κ1) is 25.6. The van der Waals surface area contributed by atoms with Crippen molar-refractivity contribution in [1.82, 2.24) is 10.0 Å². The van der Waals surface area contributed by atoms with Gasteiger partial charge in [-0.1, -0.05) is 27.4 Å². The Balaban J connectivity index is 2.61. The van der Waals surface area contributed by atoms with Crippen molar-refractivity contribution in [2.24, 2.45) is 4.99 Å². The van der Waals surface area contributed by atoms with Gasteiger partial charge in [0, 0.05) is 16.6 Å². The van der Waals surface area contributed by atoms with Gasteiger partial charge >= 0.3 is 6.18 Å². The molecule has 9 heteroatoms. The summed E-state index contributed by atoms with van der Waals surface area (Å²) in [4.78, 5) is 24.0. The third-order valence-corrected chi connectivity index (χ3v) is 5.54. The molecule has 0 atom stereocenters. The fourth-order valence-electron chi connectivity index (χ4n) is 2.43. The van der Waals surface area contributed by atoms with Gasteiger partial charge < -0.3 is 9.40 Å². The molecule has 32 heavy (non-hydrogen) atoms. The third-order valence-electron chi connectivity index (χ3n) is 4.09. The van der Waals surface area contributed by atoms with Gasteiger partial charge in [0.25, 0.3) is 5.91 Å². The summed E-state index contributed by atoms with van der Waals surface area (Å²) in [6.07, 6.45) is -1.06. The molecule has 0 unspecified atom stereocenters. The molecular formula is C23H28F3N3O2S. The van der Waals surface area contributed by atoms with E-state index >= 15 is 0 Å². The van der Waals surface area contributed by atoms with Crippen LogP contribution >= 0.6 is 11.3 Å². The second kappa shape index (κ2) is 9.48. The van der Waals surface area contributed by atoms with Crippen LogP contribution in [0.5, 0.6) is 5.75 Å². The van der Waals surface area contributed by atoms with Crippen molar-refractivity contribution in [1.29, 1.82) is 0 Å². The van der Waals surface area contributed by atoms with Crippen molar-refractivity contribution in [2.45, 2.75) is 65.2 Å². The molecule has 2 rings (SSSR count). The van der Waals surface area contributed by atoms with Gasteiger partial charge in [0.05, 0.1) is 17.7 Å². The Morgan fingerprint density at radius 1 is 1.25 bits per heavy atom. The van der Waals surface area contributed by atoms with E-state index in [1.165, 1.54) is 11.3 Å². The number of hydroxylamine groups is 1. The molecule has 1 amide bonds. The van der Waals surface area contributed by atoms with Gasteiger partial charge in [-0.2, -0.15) is 23.6 Å². The van der Waals surface area contributed by atoms with Gasteiger partial charge in [0.15, 0.2) is 10.6 Å². The van der Waals surface area contributed by atoms with Crippen LogP contribution < -0.4 is 15.1 Å². The van der Waals surface area contributed by atoms with Crippen LogP contribution in [0.1, 0.15) is 62.3 Å². The molecule has 0 aliphatic rings. The molecule has 0 saturated heterocycles. The van der Waals surface area contributed by atoms with E-state index in [9.17, 15) is 18.0 Å². The number of rotatable bonds is 5. The van der Waals surface area contributed by atoms with E-state index in [0.29, 0.717) is 11.3 Å². The van der Waals surface area contributed by atoms with Crippen LogP contribution in [-0.2, 0) is 18.1 Å². The number of nitrogens with zero attached hydrogens (tertiary/aromatic N) is 2. The zero-order valence-electron chi connectivity index (χ0n) is 19.1. The molecule has 1 heterocycles. The van der Waals surface area contributed by atoms with Crippen LogP contribution in [0.25, 0.3) is 0 Å². The smallest absolute Gasteiger partial charge is 0.407 e. The van der Waals surface area contributed by atoms with E-state index in [0.717, 1.165) is 23.1 Å². The molecule has 1 aromatic heterocycles. The lowest BCUT2D eigenvalue weighted by Crippen LogP contribution is -2.38. The quantitative estimate of drug-likeness (QED) is 0.458. The number of nitrogens with one attached hydrogen (secondary N) is 1. The lowest BCUT2D eigenvalue weighted by molar-refractivity contribution is -0.137. The number of carbonyl (C=O) groups excluding carboxylic acids is 1. The summed E-state index contributed by atoms with van der Waals surface area (Å²) in [6.45, 7) is 15.4. The number of thiazole rings is 1. The SMILES string of the molecule is C=C=CCn1cc(C(C)(C)C)sc1=NC(=O)c1cc(C(F)(F)F)ccc1ONC(C)(C)C. The Morgan fingerprint density at radius 2 is 1.91 bits per heavy atom. The van der Waals surface area contributed by atoms with Crippen LogP contribution in [0.15, 0.2) is 47.8 Å². The number of allylic oxidation sites excluding steroid dienone is 1.